The third-order valence-electron chi connectivity index (χ3n) is 4.46. The smallest absolute Gasteiger partial charge is 0.0708 e. The summed E-state index contributed by atoms with van der Waals surface area (Å²) >= 11 is 0. The zero-order chi connectivity index (χ0) is 15.2. The van der Waals surface area contributed by atoms with E-state index in [0.717, 1.165) is 5.69 Å². The highest BCUT2D eigenvalue weighted by Gasteiger charge is 2.11. The molecule has 108 valence electrons. The van der Waals surface area contributed by atoms with Gasteiger partial charge in [-0.3, -0.25) is 4.98 Å². The van der Waals surface area contributed by atoms with E-state index in [4.69, 9.17) is 0 Å². The second kappa shape index (κ2) is 4.68. The van der Waals surface area contributed by atoms with E-state index in [-0.39, 0.29) is 0 Å². The number of aromatic amines is 1. The Kier molecular flexibility index (Phi) is 2.53. The number of H-pyrrole nitrogens is 1. The summed E-state index contributed by atoms with van der Waals surface area (Å²) in [6.45, 7) is 0. The zero-order valence-corrected chi connectivity index (χ0v) is 12.5. The van der Waals surface area contributed by atoms with Gasteiger partial charge < -0.3 is 4.98 Å². The van der Waals surface area contributed by atoms with Crippen LogP contribution >= 0.6 is 0 Å². The lowest BCUT2D eigenvalue weighted by molar-refractivity contribution is 1.33. The van der Waals surface area contributed by atoms with Crippen molar-refractivity contribution in [2.45, 2.75) is 0 Å². The summed E-state index contributed by atoms with van der Waals surface area (Å²) in [5, 5.41) is 4.99. The van der Waals surface area contributed by atoms with Gasteiger partial charge in [-0.25, -0.2) is 0 Å². The van der Waals surface area contributed by atoms with Crippen LogP contribution in [0.25, 0.3) is 43.8 Å². The van der Waals surface area contributed by atoms with Crippen LogP contribution in [0.4, 0.5) is 0 Å². The minimum atomic E-state index is 1.00. The van der Waals surface area contributed by atoms with Crippen molar-refractivity contribution in [2.75, 3.05) is 0 Å². The largest absolute Gasteiger partial charge is 0.354 e. The number of benzene rings is 3. The fourth-order valence-electron chi connectivity index (χ4n) is 3.43. The molecule has 23 heavy (non-hydrogen) atoms. The topological polar surface area (TPSA) is 28.7 Å². The van der Waals surface area contributed by atoms with Crippen LogP contribution in [-0.2, 0) is 0 Å². The molecular weight excluding hydrogens is 280 g/mol. The van der Waals surface area contributed by atoms with Crippen molar-refractivity contribution in [1.29, 1.82) is 0 Å². The third kappa shape index (κ3) is 1.78. The average molecular weight is 294 g/mol. The molecule has 5 rings (SSSR count). The van der Waals surface area contributed by atoms with E-state index in [1.807, 2.05) is 18.3 Å². The van der Waals surface area contributed by atoms with E-state index in [2.05, 4.69) is 70.6 Å². The Balaban J connectivity index is 2.00. The molecule has 0 fully saturated rings. The van der Waals surface area contributed by atoms with Crippen molar-refractivity contribution in [2.24, 2.45) is 0 Å². The Morgan fingerprint density at radius 3 is 2.52 bits per heavy atom. The van der Waals surface area contributed by atoms with Gasteiger partial charge in [0.15, 0.2) is 0 Å². The first-order chi connectivity index (χ1) is 11.4. The number of nitrogens with one attached hydrogen (secondary N) is 1. The van der Waals surface area contributed by atoms with Crippen molar-refractivity contribution >= 4 is 32.6 Å². The average Bonchev–Trinajstić information content (AvgIpc) is 3.01. The Bertz CT molecular complexity index is 1150. The fraction of sp³-hybridized carbons (Fsp3) is 0. The fourth-order valence-corrected chi connectivity index (χ4v) is 3.43. The van der Waals surface area contributed by atoms with Crippen LogP contribution in [0, 0.1) is 0 Å². The van der Waals surface area contributed by atoms with Gasteiger partial charge in [-0.2, -0.15) is 0 Å². The van der Waals surface area contributed by atoms with Gasteiger partial charge in [0.2, 0.25) is 0 Å². The van der Waals surface area contributed by atoms with E-state index < -0.39 is 0 Å². The first kappa shape index (κ1) is 12.4. The number of pyridine rings is 1. The summed E-state index contributed by atoms with van der Waals surface area (Å²) in [5.74, 6) is 0. The molecule has 5 aromatic rings. The normalized spacial score (nSPS) is 11.5. The van der Waals surface area contributed by atoms with Crippen LogP contribution in [-0.4, -0.2) is 9.97 Å². The van der Waals surface area contributed by atoms with Gasteiger partial charge in [0, 0.05) is 33.4 Å². The highest BCUT2D eigenvalue weighted by Crippen LogP contribution is 2.36. The van der Waals surface area contributed by atoms with Crippen LogP contribution < -0.4 is 0 Å². The molecule has 0 saturated heterocycles. The van der Waals surface area contributed by atoms with Crippen LogP contribution in [0.5, 0.6) is 0 Å². The quantitative estimate of drug-likeness (QED) is 0.432. The summed E-state index contributed by atoms with van der Waals surface area (Å²) in [5.41, 5.74) is 4.53. The molecule has 1 N–H and O–H groups in total. The first-order valence-electron chi connectivity index (χ1n) is 7.75. The number of fused-ring (bicyclic) bond motifs is 5. The Morgan fingerprint density at radius 2 is 1.61 bits per heavy atom. The number of hydrogen-bond donors (Lipinski definition) is 1. The molecule has 2 nitrogen and oxygen atoms in total. The van der Waals surface area contributed by atoms with Crippen molar-refractivity contribution in [1.82, 2.24) is 9.97 Å². The van der Waals surface area contributed by atoms with Crippen molar-refractivity contribution < 1.29 is 0 Å². The number of para-hydroxylation sites is 1. The molecule has 2 aromatic heterocycles. The SMILES string of the molecule is c1ccc(-c2cccc3ccc4c5ccccc5[nH]c4c23)nc1. The third-order valence-corrected chi connectivity index (χ3v) is 4.46. The van der Waals surface area contributed by atoms with Gasteiger partial charge in [-0.15, -0.1) is 0 Å². The molecule has 3 aromatic carbocycles. The summed E-state index contributed by atoms with van der Waals surface area (Å²) in [7, 11) is 0. The molecule has 0 amide bonds. The van der Waals surface area contributed by atoms with E-state index in [1.165, 1.54) is 38.1 Å². The lowest BCUT2D eigenvalue weighted by Gasteiger charge is -2.07. The van der Waals surface area contributed by atoms with Gasteiger partial charge in [-0.05, 0) is 23.6 Å². The second-order valence-corrected chi connectivity index (χ2v) is 5.78. The van der Waals surface area contributed by atoms with Crippen LogP contribution in [0.2, 0.25) is 0 Å². The Hall–Kier alpha value is -3.13. The van der Waals surface area contributed by atoms with Crippen molar-refractivity contribution in [3.05, 3.63) is 79.0 Å². The predicted molar refractivity (Wildman–Crippen MR) is 96.5 cm³/mol. The summed E-state index contributed by atoms with van der Waals surface area (Å²) in [4.78, 5) is 8.15. The maximum Gasteiger partial charge on any atom is 0.0708 e. The summed E-state index contributed by atoms with van der Waals surface area (Å²) in [6.07, 6.45) is 1.85. The highest BCUT2D eigenvalue weighted by molar-refractivity contribution is 6.20. The number of aromatic nitrogens is 2. The van der Waals surface area contributed by atoms with Crippen LogP contribution in [0.3, 0.4) is 0 Å². The molecule has 0 saturated carbocycles. The second-order valence-electron chi connectivity index (χ2n) is 5.78. The van der Waals surface area contributed by atoms with Gasteiger partial charge in [-0.1, -0.05) is 54.6 Å². The molecule has 0 bridgehead atoms. The van der Waals surface area contributed by atoms with E-state index in [0.29, 0.717) is 0 Å². The molecule has 2 heteroatoms. The van der Waals surface area contributed by atoms with E-state index in [1.54, 1.807) is 0 Å². The van der Waals surface area contributed by atoms with Crippen LogP contribution in [0.15, 0.2) is 79.0 Å². The van der Waals surface area contributed by atoms with Gasteiger partial charge in [0.1, 0.15) is 0 Å². The highest BCUT2D eigenvalue weighted by atomic mass is 14.7. The number of nitrogens with zero attached hydrogens (tertiary/aromatic N) is 1. The monoisotopic (exact) mass is 294 g/mol. The summed E-state index contributed by atoms with van der Waals surface area (Å²) < 4.78 is 0. The molecule has 0 unspecified atom stereocenters. The lowest BCUT2D eigenvalue weighted by Crippen LogP contribution is -1.85. The molecule has 0 radical (unpaired) electrons. The molecule has 0 aliphatic rings. The lowest BCUT2D eigenvalue weighted by atomic mass is 9.99. The maximum absolute atomic E-state index is 4.55. The van der Waals surface area contributed by atoms with Gasteiger partial charge >= 0.3 is 0 Å². The van der Waals surface area contributed by atoms with E-state index >= 15 is 0 Å². The Labute approximate surface area is 133 Å². The number of hydrogen-bond acceptors (Lipinski definition) is 1. The van der Waals surface area contributed by atoms with Crippen molar-refractivity contribution in [3.8, 4) is 11.3 Å². The van der Waals surface area contributed by atoms with Gasteiger partial charge in [0.25, 0.3) is 0 Å². The van der Waals surface area contributed by atoms with E-state index in [9.17, 15) is 0 Å². The standard InChI is InChI=1S/C21H14N2/c1-2-10-19-15(7-1)16-12-11-14-6-5-8-17(20(14)21(16)23-19)18-9-3-4-13-22-18/h1-13,23H. The molecule has 0 atom stereocenters. The molecule has 0 spiro atoms. The molecule has 0 aliphatic heterocycles. The Morgan fingerprint density at radius 1 is 0.696 bits per heavy atom. The minimum Gasteiger partial charge on any atom is -0.354 e. The molecular formula is C21H14N2. The minimum absolute atomic E-state index is 1.00. The maximum atomic E-state index is 4.55. The molecule has 2 heterocycles. The molecule has 0 aliphatic carbocycles. The number of rotatable bonds is 1. The van der Waals surface area contributed by atoms with Gasteiger partial charge in [0.05, 0.1) is 11.2 Å². The first-order valence-corrected chi connectivity index (χ1v) is 7.75. The summed E-state index contributed by atoms with van der Waals surface area (Å²) in [6, 6.07) is 25.3. The predicted octanol–water partition coefficient (Wildman–Crippen LogP) is 5.54. The zero-order valence-electron chi connectivity index (χ0n) is 12.5. The van der Waals surface area contributed by atoms with Crippen LogP contribution in [0.1, 0.15) is 0 Å². The van der Waals surface area contributed by atoms with Crippen molar-refractivity contribution in [3.63, 3.8) is 0 Å².